The topological polar surface area (TPSA) is 30.8 Å². The van der Waals surface area contributed by atoms with Crippen molar-refractivity contribution >= 4 is 11.9 Å². The minimum absolute atomic E-state index is 0.270. The van der Waals surface area contributed by atoms with Crippen LogP contribution in [0, 0.1) is 0 Å². The van der Waals surface area contributed by atoms with Crippen LogP contribution in [-0.4, -0.2) is 12.6 Å². The summed E-state index contributed by atoms with van der Waals surface area (Å²) in [6.07, 6.45) is -3.15. The summed E-state index contributed by atoms with van der Waals surface area (Å²) in [5, 5.41) is 0. The summed E-state index contributed by atoms with van der Waals surface area (Å²) in [7, 11) is 0. The number of nitrogens with zero attached hydrogens (tertiary/aromatic N) is 1. The van der Waals surface area contributed by atoms with Crippen molar-refractivity contribution in [3.8, 4) is 17.2 Å². The molecule has 0 aliphatic heterocycles. The first-order valence-electron chi connectivity index (χ1n) is 7.71. The molecule has 0 amide bonds. The van der Waals surface area contributed by atoms with Crippen LogP contribution in [0.4, 0.5) is 18.9 Å². The number of hydrogen-bond donors (Lipinski definition) is 0. The molecule has 3 rings (SSSR count). The molecule has 3 nitrogen and oxygen atoms in total. The molecule has 0 fully saturated rings. The zero-order valence-corrected chi connectivity index (χ0v) is 13.5. The van der Waals surface area contributed by atoms with Crippen LogP contribution < -0.4 is 9.47 Å². The van der Waals surface area contributed by atoms with Gasteiger partial charge in [0.15, 0.2) is 0 Å². The van der Waals surface area contributed by atoms with E-state index in [4.69, 9.17) is 4.74 Å². The molecule has 0 aliphatic rings. The Morgan fingerprint density at radius 3 is 2.12 bits per heavy atom. The number of para-hydroxylation sites is 1. The zero-order chi connectivity index (χ0) is 18.4. The lowest BCUT2D eigenvalue weighted by molar-refractivity contribution is -0.274. The fourth-order valence-electron chi connectivity index (χ4n) is 2.16. The monoisotopic (exact) mass is 357 g/mol. The van der Waals surface area contributed by atoms with Gasteiger partial charge >= 0.3 is 6.36 Å². The Morgan fingerprint density at radius 1 is 0.731 bits per heavy atom. The van der Waals surface area contributed by atoms with Gasteiger partial charge in [0.1, 0.15) is 17.2 Å². The molecule has 0 aliphatic carbocycles. The van der Waals surface area contributed by atoms with Gasteiger partial charge in [-0.15, -0.1) is 13.2 Å². The third-order valence-electron chi connectivity index (χ3n) is 3.27. The van der Waals surface area contributed by atoms with E-state index in [1.807, 2.05) is 42.5 Å². The molecular weight excluding hydrogens is 343 g/mol. The Balaban J connectivity index is 1.67. The Bertz CT molecular complexity index is 876. The molecule has 0 bridgehead atoms. The molecular formula is C20H14F3NO2. The second-order valence-corrected chi connectivity index (χ2v) is 5.29. The summed E-state index contributed by atoms with van der Waals surface area (Å²) in [6.45, 7) is 0. The Morgan fingerprint density at radius 2 is 1.42 bits per heavy atom. The first-order chi connectivity index (χ1) is 12.5. The van der Waals surface area contributed by atoms with Gasteiger partial charge in [0.25, 0.3) is 0 Å². The minimum Gasteiger partial charge on any atom is -0.457 e. The number of benzene rings is 3. The van der Waals surface area contributed by atoms with Crippen molar-refractivity contribution in [3.05, 3.63) is 84.4 Å². The molecule has 6 heteroatoms. The SMILES string of the molecule is FC(F)(F)Oc1ccc(C=Nc2cccc(Oc3ccccc3)c2)cc1. The van der Waals surface area contributed by atoms with Crippen molar-refractivity contribution in [3.63, 3.8) is 0 Å². The van der Waals surface area contributed by atoms with Crippen molar-refractivity contribution in [2.24, 2.45) is 4.99 Å². The Hall–Kier alpha value is -3.28. The summed E-state index contributed by atoms with van der Waals surface area (Å²) in [4.78, 5) is 4.31. The summed E-state index contributed by atoms with van der Waals surface area (Å²) in [6, 6.07) is 22.0. The van der Waals surface area contributed by atoms with Crippen LogP contribution in [0.5, 0.6) is 17.2 Å². The van der Waals surface area contributed by atoms with E-state index < -0.39 is 6.36 Å². The van der Waals surface area contributed by atoms with Gasteiger partial charge < -0.3 is 9.47 Å². The molecule has 132 valence electrons. The van der Waals surface area contributed by atoms with Crippen LogP contribution in [0.25, 0.3) is 0 Å². The fraction of sp³-hybridized carbons (Fsp3) is 0.0500. The molecule has 0 radical (unpaired) electrons. The quantitative estimate of drug-likeness (QED) is 0.514. The predicted molar refractivity (Wildman–Crippen MR) is 93.3 cm³/mol. The summed E-state index contributed by atoms with van der Waals surface area (Å²) >= 11 is 0. The van der Waals surface area contributed by atoms with Gasteiger partial charge in [-0.3, -0.25) is 4.99 Å². The van der Waals surface area contributed by atoms with Gasteiger partial charge in [0.2, 0.25) is 0 Å². The lowest BCUT2D eigenvalue weighted by Crippen LogP contribution is -2.16. The number of rotatable bonds is 5. The highest BCUT2D eigenvalue weighted by Crippen LogP contribution is 2.26. The van der Waals surface area contributed by atoms with Crippen LogP contribution in [-0.2, 0) is 0 Å². The first kappa shape index (κ1) is 17.5. The van der Waals surface area contributed by atoms with Crippen molar-refractivity contribution < 1.29 is 22.6 Å². The maximum Gasteiger partial charge on any atom is 0.573 e. The van der Waals surface area contributed by atoms with Gasteiger partial charge in [0.05, 0.1) is 5.69 Å². The van der Waals surface area contributed by atoms with E-state index >= 15 is 0 Å². The van der Waals surface area contributed by atoms with Gasteiger partial charge in [-0.1, -0.05) is 24.3 Å². The molecule has 0 saturated carbocycles. The van der Waals surface area contributed by atoms with Crippen molar-refractivity contribution in [1.82, 2.24) is 0 Å². The predicted octanol–water partition coefficient (Wildman–Crippen LogP) is 6.13. The van der Waals surface area contributed by atoms with Crippen LogP contribution in [0.3, 0.4) is 0 Å². The van der Waals surface area contributed by atoms with E-state index in [-0.39, 0.29) is 5.75 Å². The molecule has 3 aromatic carbocycles. The van der Waals surface area contributed by atoms with Crippen molar-refractivity contribution in [1.29, 1.82) is 0 Å². The number of halogens is 3. The van der Waals surface area contributed by atoms with E-state index in [9.17, 15) is 13.2 Å². The van der Waals surface area contributed by atoms with Gasteiger partial charge in [0, 0.05) is 12.3 Å². The smallest absolute Gasteiger partial charge is 0.457 e. The highest BCUT2D eigenvalue weighted by atomic mass is 19.4. The molecule has 0 aromatic heterocycles. The van der Waals surface area contributed by atoms with Crippen LogP contribution in [0.15, 0.2) is 83.9 Å². The molecule has 0 saturated heterocycles. The molecule has 26 heavy (non-hydrogen) atoms. The molecule has 0 atom stereocenters. The Labute approximate surface area is 148 Å². The number of alkyl halides is 3. The summed E-state index contributed by atoms with van der Waals surface area (Å²) < 4.78 is 46.0. The van der Waals surface area contributed by atoms with E-state index in [1.165, 1.54) is 24.3 Å². The average molecular weight is 357 g/mol. The minimum atomic E-state index is -4.70. The lowest BCUT2D eigenvalue weighted by atomic mass is 10.2. The van der Waals surface area contributed by atoms with Crippen LogP contribution in [0.2, 0.25) is 0 Å². The zero-order valence-electron chi connectivity index (χ0n) is 13.5. The Kier molecular flexibility index (Phi) is 5.22. The normalized spacial score (nSPS) is 11.5. The second kappa shape index (κ2) is 7.74. The maximum absolute atomic E-state index is 12.1. The highest BCUT2D eigenvalue weighted by Gasteiger charge is 2.30. The van der Waals surface area contributed by atoms with E-state index in [0.29, 0.717) is 22.7 Å². The number of hydrogen-bond acceptors (Lipinski definition) is 3. The van der Waals surface area contributed by atoms with Crippen molar-refractivity contribution in [2.45, 2.75) is 6.36 Å². The van der Waals surface area contributed by atoms with Gasteiger partial charge in [-0.2, -0.15) is 0 Å². The van der Waals surface area contributed by atoms with E-state index in [1.54, 1.807) is 18.3 Å². The van der Waals surface area contributed by atoms with Crippen LogP contribution >= 0.6 is 0 Å². The molecule has 0 heterocycles. The molecule has 0 spiro atoms. The summed E-state index contributed by atoms with van der Waals surface area (Å²) in [5.74, 6) is 1.08. The highest BCUT2D eigenvalue weighted by molar-refractivity contribution is 5.82. The van der Waals surface area contributed by atoms with E-state index in [0.717, 1.165) is 0 Å². The van der Waals surface area contributed by atoms with Gasteiger partial charge in [-0.25, -0.2) is 0 Å². The number of aliphatic imine (C=N–C) groups is 1. The summed E-state index contributed by atoms with van der Waals surface area (Å²) in [5.41, 5.74) is 1.31. The molecule has 3 aromatic rings. The molecule has 0 unspecified atom stereocenters. The third-order valence-corrected chi connectivity index (χ3v) is 3.27. The first-order valence-corrected chi connectivity index (χ1v) is 7.71. The van der Waals surface area contributed by atoms with Crippen LogP contribution in [0.1, 0.15) is 5.56 Å². The van der Waals surface area contributed by atoms with Gasteiger partial charge in [-0.05, 0) is 54.1 Å². The van der Waals surface area contributed by atoms with Crippen molar-refractivity contribution in [2.75, 3.05) is 0 Å². The standard InChI is InChI=1S/C20H14F3NO2/c21-20(22,23)26-18-11-9-15(10-12-18)14-24-16-5-4-8-19(13-16)25-17-6-2-1-3-7-17/h1-14H. The maximum atomic E-state index is 12.1. The lowest BCUT2D eigenvalue weighted by Gasteiger charge is -2.08. The van der Waals surface area contributed by atoms with E-state index in [2.05, 4.69) is 9.73 Å². The average Bonchev–Trinajstić information content (AvgIpc) is 2.61. The second-order valence-electron chi connectivity index (χ2n) is 5.29. The largest absolute Gasteiger partial charge is 0.573 e. The third kappa shape index (κ3) is 5.37. The fourth-order valence-corrected chi connectivity index (χ4v) is 2.16. The molecule has 0 N–H and O–H groups in total. The number of ether oxygens (including phenoxy) is 2.